The van der Waals surface area contributed by atoms with Crippen LogP contribution in [0.4, 0.5) is 0 Å². The molecule has 0 aromatic heterocycles. The Morgan fingerprint density at radius 2 is 2.08 bits per heavy atom. The molecule has 2 aliphatic rings. The van der Waals surface area contributed by atoms with Gasteiger partial charge in [-0.15, -0.1) is 0 Å². The molecule has 0 aromatic carbocycles. The Bertz CT molecular complexity index is 149. The number of piperidine rings is 1. The van der Waals surface area contributed by atoms with Gasteiger partial charge in [0, 0.05) is 23.6 Å². The molecule has 70 valence electrons. The van der Waals surface area contributed by atoms with E-state index in [1.807, 2.05) is 0 Å². The molecule has 2 saturated heterocycles. The van der Waals surface area contributed by atoms with E-state index in [4.69, 9.17) is 0 Å². The Balaban J connectivity index is 1.97. The molecule has 0 radical (unpaired) electrons. The van der Waals surface area contributed by atoms with Crippen molar-refractivity contribution >= 4 is 11.8 Å². The monoisotopic (exact) mass is 186 g/mol. The van der Waals surface area contributed by atoms with Gasteiger partial charge < -0.3 is 10.2 Å². The van der Waals surface area contributed by atoms with Crippen molar-refractivity contribution in [1.82, 2.24) is 10.2 Å². The van der Waals surface area contributed by atoms with Gasteiger partial charge in [0.15, 0.2) is 0 Å². The van der Waals surface area contributed by atoms with E-state index >= 15 is 0 Å². The Hall–Kier alpha value is 0.270. The number of thioether (sulfide) groups is 1. The molecule has 0 unspecified atom stereocenters. The lowest BCUT2D eigenvalue weighted by molar-refractivity contribution is 0.262. The van der Waals surface area contributed by atoms with E-state index in [1.54, 1.807) is 0 Å². The van der Waals surface area contributed by atoms with E-state index < -0.39 is 0 Å². The van der Waals surface area contributed by atoms with E-state index in [0.717, 1.165) is 0 Å². The fraction of sp³-hybridized carbons (Fsp3) is 1.00. The van der Waals surface area contributed by atoms with Crippen molar-refractivity contribution in [3.63, 3.8) is 0 Å². The number of hydrogen-bond acceptors (Lipinski definition) is 3. The third-order valence-electron chi connectivity index (χ3n) is 2.95. The first-order chi connectivity index (χ1) is 5.81. The molecule has 2 rings (SSSR count). The summed E-state index contributed by atoms with van der Waals surface area (Å²) in [6.45, 7) is 5.03. The highest BCUT2D eigenvalue weighted by atomic mass is 32.2. The van der Waals surface area contributed by atoms with Gasteiger partial charge in [-0.3, -0.25) is 0 Å². The second kappa shape index (κ2) is 3.56. The highest BCUT2D eigenvalue weighted by Crippen LogP contribution is 2.37. The molecule has 2 fully saturated rings. The van der Waals surface area contributed by atoms with E-state index in [0.29, 0.717) is 4.75 Å². The van der Waals surface area contributed by atoms with Crippen LogP contribution in [-0.2, 0) is 0 Å². The molecule has 0 aliphatic carbocycles. The third kappa shape index (κ3) is 1.78. The van der Waals surface area contributed by atoms with Gasteiger partial charge >= 0.3 is 0 Å². The average Bonchev–Trinajstić information content (AvgIpc) is 2.05. The molecule has 0 aromatic rings. The fourth-order valence-electron chi connectivity index (χ4n) is 2.22. The van der Waals surface area contributed by atoms with Crippen molar-refractivity contribution in [2.75, 3.05) is 39.0 Å². The summed E-state index contributed by atoms with van der Waals surface area (Å²) in [6.07, 6.45) is 2.73. The van der Waals surface area contributed by atoms with Crippen molar-refractivity contribution in [2.45, 2.75) is 17.6 Å². The molecule has 1 N–H and O–H groups in total. The van der Waals surface area contributed by atoms with Crippen LogP contribution in [0.25, 0.3) is 0 Å². The van der Waals surface area contributed by atoms with Gasteiger partial charge in [0.25, 0.3) is 0 Å². The Kier molecular flexibility index (Phi) is 2.63. The Morgan fingerprint density at radius 3 is 2.75 bits per heavy atom. The van der Waals surface area contributed by atoms with Crippen LogP contribution in [0.15, 0.2) is 0 Å². The van der Waals surface area contributed by atoms with Crippen LogP contribution in [0.3, 0.4) is 0 Å². The maximum Gasteiger partial charge on any atom is 0.0311 e. The van der Waals surface area contributed by atoms with Crippen LogP contribution in [0.1, 0.15) is 12.8 Å². The quantitative estimate of drug-likeness (QED) is 0.602. The van der Waals surface area contributed by atoms with Gasteiger partial charge in [-0.05, 0) is 33.0 Å². The van der Waals surface area contributed by atoms with Gasteiger partial charge in [-0.2, -0.15) is 11.8 Å². The summed E-state index contributed by atoms with van der Waals surface area (Å²) in [6, 6.07) is 0. The van der Waals surface area contributed by atoms with Crippen LogP contribution < -0.4 is 5.32 Å². The zero-order valence-corrected chi connectivity index (χ0v) is 8.62. The predicted octanol–water partition coefficient (Wildman–Crippen LogP) is 0.787. The summed E-state index contributed by atoms with van der Waals surface area (Å²) in [5.74, 6) is 1.33. The molecule has 3 heteroatoms. The third-order valence-corrected chi connectivity index (χ3v) is 4.49. The zero-order valence-electron chi connectivity index (χ0n) is 7.81. The fourth-order valence-corrected chi connectivity index (χ4v) is 3.86. The maximum absolute atomic E-state index is 3.44. The molecule has 1 spiro atoms. The minimum absolute atomic E-state index is 0.609. The molecule has 0 saturated carbocycles. The van der Waals surface area contributed by atoms with Gasteiger partial charge in [-0.1, -0.05) is 0 Å². The molecule has 0 amide bonds. The van der Waals surface area contributed by atoms with Crippen molar-refractivity contribution in [2.24, 2.45) is 0 Å². The molecule has 12 heavy (non-hydrogen) atoms. The molecule has 0 bridgehead atoms. The first-order valence-electron chi connectivity index (χ1n) is 4.84. The van der Waals surface area contributed by atoms with Gasteiger partial charge in [-0.25, -0.2) is 0 Å². The van der Waals surface area contributed by atoms with E-state index in [-0.39, 0.29) is 0 Å². The second-order valence-electron chi connectivity index (χ2n) is 4.02. The highest BCUT2D eigenvalue weighted by Gasteiger charge is 2.35. The lowest BCUT2D eigenvalue weighted by Gasteiger charge is -2.43. The molecule has 2 heterocycles. The summed E-state index contributed by atoms with van der Waals surface area (Å²) in [5.41, 5.74) is 0. The average molecular weight is 186 g/mol. The first kappa shape index (κ1) is 8.85. The minimum atomic E-state index is 0.609. The summed E-state index contributed by atoms with van der Waals surface area (Å²) < 4.78 is 0.609. The topological polar surface area (TPSA) is 15.3 Å². The van der Waals surface area contributed by atoms with E-state index in [1.165, 1.54) is 44.8 Å². The number of nitrogens with zero attached hydrogens (tertiary/aromatic N) is 1. The van der Waals surface area contributed by atoms with Crippen LogP contribution in [-0.4, -0.2) is 48.6 Å². The van der Waals surface area contributed by atoms with E-state index in [9.17, 15) is 0 Å². The maximum atomic E-state index is 3.44. The van der Waals surface area contributed by atoms with Gasteiger partial charge in [0.2, 0.25) is 0 Å². The molecular formula is C9H18N2S. The minimum Gasteiger partial charge on any atom is -0.317 e. The van der Waals surface area contributed by atoms with Crippen molar-refractivity contribution in [3.8, 4) is 0 Å². The van der Waals surface area contributed by atoms with Crippen LogP contribution >= 0.6 is 11.8 Å². The Morgan fingerprint density at radius 1 is 1.33 bits per heavy atom. The normalized spacial score (nSPS) is 30.8. The predicted molar refractivity (Wildman–Crippen MR) is 54.8 cm³/mol. The largest absolute Gasteiger partial charge is 0.317 e. The van der Waals surface area contributed by atoms with Crippen LogP contribution in [0.5, 0.6) is 0 Å². The number of hydrogen-bond donors (Lipinski definition) is 1. The first-order valence-corrected chi connectivity index (χ1v) is 5.83. The summed E-state index contributed by atoms with van der Waals surface area (Å²) >= 11 is 2.21. The summed E-state index contributed by atoms with van der Waals surface area (Å²) in [5, 5.41) is 3.44. The number of rotatable bonds is 0. The molecule has 0 atom stereocenters. The highest BCUT2D eigenvalue weighted by molar-refractivity contribution is 8.00. The standard InChI is InChI=1S/C9H18N2S/c1-11-6-7-12-9(8-11)2-4-10-5-3-9/h10H,2-8H2,1H3. The second-order valence-corrected chi connectivity index (χ2v) is 5.58. The smallest absolute Gasteiger partial charge is 0.0311 e. The zero-order chi connectivity index (χ0) is 8.44. The van der Waals surface area contributed by atoms with Crippen molar-refractivity contribution in [1.29, 1.82) is 0 Å². The summed E-state index contributed by atoms with van der Waals surface area (Å²) in [4.78, 5) is 2.49. The SMILES string of the molecule is CN1CCSC2(CCNCC2)C1. The van der Waals surface area contributed by atoms with Crippen LogP contribution in [0, 0.1) is 0 Å². The lowest BCUT2D eigenvalue weighted by atomic mass is 9.96. The number of nitrogens with one attached hydrogen (secondary N) is 1. The molecular weight excluding hydrogens is 168 g/mol. The summed E-state index contributed by atoms with van der Waals surface area (Å²) in [7, 11) is 2.25. The molecule has 2 aliphatic heterocycles. The van der Waals surface area contributed by atoms with E-state index in [2.05, 4.69) is 29.0 Å². The van der Waals surface area contributed by atoms with Gasteiger partial charge in [0.1, 0.15) is 0 Å². The molecule has 2 nitrogen and oxygen atoms in total. The lowest BCUT2D eigenvalue weighted by Crippen LogP contribution is -2.50. The van der Waals surface area contributed by atoms with Crippen LogP contribution in [0.2, 0.25) is 0 Å². The van der Waals surface area contributed by atoms with Crippen molar-refractivity contribution < 1.29 is 0 Å². The Labute approximate surface area is 79.1 Å². The van der Waals surface area contributed by atoms with Crippen molar-refractivity contribution in [3.05, 3.63) is 0 Å². The van der Waals surface area contributed by atoms with Gasteiger partial charge in [0.05, 0.1) is 0 Å².